The van der Waals surface area contributed by atoms with Crippen molar-refractivity contribution in [2.45, 2.75) is 25.9 Å². The minimum atomic E-state index is -0.479. The molecule has 142 valence electrons. The molecule has 1 aromatic carbocycles. The maximum atomic E-state index is 12.3. The van der Waals surface area contributed by atoms with Crippen LogP contribution in [0.5, 0.6) is 0 Å². The number of carbonyl (C=O) groups excluding carboxylic acids is 2. The highest BCUT2D eigenvalue weighted by Gasteiger charge is 2.30. The Labute approximate surface area is 158 Å². The largest absolute Gasteiger partial charge is 0.353 e. The molecule has 3 N–H and O–H groups in total. The molecule has 0 saturated carbocycles. The number of nitrogens with zero attached hydrogens (tertiary/aromatic N) is 3. The average molecular weight is 368 g/mol. The lowest BCUT2D eigenvalue weighted by Gasteiger charge is -2.33. The Morgan fingerprint density at radius 3 is 2.93 bits per heavy atom. The first-order chi connectivity index (χ1) is 13.1. The Balaban J connectivity index is 1.54. The topological polar surface area (TPSA) is 103 Å². The molecular weight excluding hydrogens is 344 g/mol. The molecule has 2 amide bonds. The van der Waals surface area contributed by atoms with Crippen LogP contribution < -0.4 is 10.6 Å². The summed E-state index contributed by atoms with van der Waals surface area (Å²) in [7, 11) is 0. The smallest absolute Gasteiger partial charge is 0.237 e. The zero-order valence-electron chi connectivity index (χ0n) is 15.3. The van der Waals surface area contributed by atoms with Crippen LogP contribution in [-0.4, -0.2) is 57.6 Å². The number of aromatic nitrogens is 3. The van der Waals surface area contributed by atoms with Crippen LogP contribution in [0.1, 0.15) is 23.6 Å². The van der Waals surface area contributed by atoms with Crippen LogP contribution >= 0.6 is 0 Å². The van der Waals surface area contributed by atoms with E-state index in [1.165, 1.54) is 0 Å². The third kappa shape index (κ3) is 5.49. The van der Waals surface area contributed by atoms with Gasteiger partial charge in [-0.1, -0.05) is 42.5 Å². The summed E-state index contributed by atoms with van der Waals surface area (Å²) in [5.41, 5.74) is 1.11. The highest BCUT2D eigenvalue weighted by atomic mass is 16.2. The predicted molar refractivity (Wildman–Crippen MR) is 101 cm³/mol. The summed E-state index contributed by atoms with van der Waals surface area (Å²) in [5.74, 6) is 0.911. The van der Waals surface area contributed by atoms with Gasteiger partial charge in [0.15, 0.2) is 5.82 Å². The Kier molecular flexibility index (Phi) is 6.32. The second kappa shape index (κ2) is 9.09. The standard InChI is InChI=1S/C19H24N6O2/c1-14-22-17(24-23-14)13-21-18(26)12-16-19(27)20-9-11-25(16)10-5-8-15-6-3-2-4-7-15/h2-8,16H,9-13H2,1H3,(H,20,27)(H,21,26)(H,22,23,24)/b8-5+. The monoisotopic (exact) mass is 368 g/mol. The van der Waals surface area contributed by atoms with E-state index in [0.717, 1.165) is 5.56 Å². The van der Waals surface area contributed by atoms with Crippen molar-refractivity contribution < 1.29 is 9.59 Å². The first-order valence-electron chi connectivity index (χ1n) is 9.00. The van der Waals surface area contributed by atoms with E-state index in [1.807, 2.05) is 47.4 Å². The minimum absolute atomic E-state index is 0.106. The first-order valence-corrected chi connectivity index (χ1v) is 9.00. The van der Waals surface area contributed by atoms with Crippen LogP contribution in [0.3, 0.4) is 0 Å². The van der Waals surface area contributed by atoms with Crippen LogP contribution in [0.2, 0.25) is 0 Å². The van der Waals surface area contributed by atoms with Crippen LogP contribution in [0.15, 0.2) is 36.4 Å². The highest BCUT2D eigenvalue weighted by Crippen LogP contribution is 2.10. The number of amides is 2. The van der Waals surface area contributed by atoms with Gasteiger partial charge in [-0.3, -0.25) is 19.6 Å². The zero-order valence-corrected chi connectivity index (χ0v) is 15.3. The zero-order chi connectivity index (χ0) is 19.1. The maximum absolute atomic E-state index is 12.3. The van der Waals surface area contributed by atoms with Crippen molar-refractivity contribution in [2.24, 2.45) is 0 Å². The predicted octanol–water partition coefficient (Wildman–Crippen LogP) is 0.633. The molecule has 1 unspecified atom stereocenters. The van der Waals surface area contributed by atoms with Crippen LogP contribution in [0.25, 0.3) is 6.08 Å². The molecule has 2 aromatic rings. The van der Waals surface area contributed by atoms with Crippen molar-refractivity contribution >= 4 is 17.9 Å². The number of aryl methyl sites for hydroxylation is 1. The van der Waals surface area contributed by atoms with E-state index in [4.69, 9.17) is 0 Å². The summed E-state index contributed by atoms with van der Waals surface area (Å²) < 4.78 is 0. The summed E-state index contributed by atoms with van der Waals surface area (Å²) in [5, 5.41) is 12.3. The lowest BCUT2D eigenvalue weighted by molar-refractivity contribution is -0.133. The van der Waals surface area contributed by atoms with Gasteiger partial charge in [-0.2, -0.15) is 5.10 Å². The van der Waals surface area contributed by atoms with Crippen molar-refractivity contribution in [3.63, 3.8) is 0 Å². The molecule has 8 nitrogen and oxygen atoms in total. The van der Waals surface area contributed by atoms with Gasteiger partial charge in [-0.25, -0.2) is 4.98 Å². The lowest BCUT2D eigenvalue weighted by Crippen LogP contribution is -2.56. The Bertz CT molecular complexity index is 802. The first kappa shape index (κ1) is 18.8. The SMILES string of the molecule is Cc1nc(CNC(=O)CC2C(=O)NCCN2C/C=C/c2ccccc2)n[nH]1. The van der Waals surface area contributed by atoms with Gasteiger partial charge < -0.3 is 10.6 Å². The summed E-state index contributed by atoms with van der Waals surface area (Å²) in [6.45, 7) is 3.95. The van der Waals surface area contributed by atoms with E-state index in [2.05, 4.69) is 25.8 Å². The fraction of sp³-hybridized carbons (Fsp3) is 0.368. The van der Waals surface area contributed by atoms with E-state index in [-0.39, 0.29) is 24.8 Å². The van der Waals surface area contributed by atoms with E-state index in [1.54, 1.807) is 6.92 Å². The molecular formula is C19H24N6O2. The Hall–Kier alpha value is -3.00. The number of carbonyl (C=O) groups is 2. The minimum Gasteiger partial charge on any atom is -0.353 e. The molecule has 8 heteroatoms. The van der Waals surface area contributed by atoms with Gasteiger partial charge in [0.2, 0.25) is 11.8 Å². The average Bonchev–Trinajstić information content (AvgIpc) is 3.09. The molecule has 1 aromatic heterocycles. The second-order valence-corrected chi connectivity index (χ2v) is 6.43. The third-order valence-corrected chi connectivity index (χ3v) is 4.36. The summed E-state index contributed by atoms with van der Waals surface area (Å²) >= 11 is 0. The fourth-order valence-electron chi connectivity index (χ4n) is 2.98. The summed E-state index contributed by atoms with van der Waals surface area (Å²) in [6, 6.07) is 9.51. The molecule has 0 bridgehead atoms. The second-order valence-electron chi connectivity index (χ2n) is 6.43. The molecule has 3 rings (SSSR count). The quantitative estimate of drug-likeness (QED) is 0.665. The van der Waals surface area contributed by atoms with Crippen molar-refractivity contribution in [2.75, 3.05) is 19.6 Å². The number of H-pyrrole nitrogens is 1. The molecule has 2 heterocycles. The normalized spacial score (nSPS) is 17.8. The molecule has 1 saturated heterocycles. The van der Waals surface area contributed by atoms with E-state index in [0.29, 0.717) is 31.3 Å². The number of benzene rings is 1. The van der Waals surface area contributed by atoms with Gasteiger partial charge in [0.1, 0.15) is 5.82 Å². The number of hydrogen-bond donors (Lipinski definition) is 3. The van der Waals surface area contributed by atoms with Gasteiger partial charge in [0.25, 0.3) is 0 Å². The number of aromatic amines is 1. The van der Waals surface area contributed by atoms with Crippen molar-refractivity contribution in [3.05, 3.63) is 53.6 Å². The van der Waals surface area contributed by atoms with E-state index < -0.39 is 6.04 Å². The van der Waals surface area contributed by atoms with Crippen LogP contribution in [0.4, 0.5) is 0 Å². The number of nitrogens with one attached hydrogen (secondary N) is 3. The van der Waals surface area contributed by atoms with E-state index >= 15 is 0 Å². The van der Waals surface area contributed by atoms with Crippen molar-refractivity contribution in [1.82, 2.24) is 30.7 Å². The summed E-state index contributed by atoms with van der Waals surface area (Å²) in [4.78, 5) is 30.7. The number of rotatable bonds is 7. The lowest BCUT2D eigenvalue weighted by atomic mass is 10.1. The Morgan fingerprint density at radius 1 is 1.37 bits per heavy atom. The van der Waals surface area contributed by atoms with Crippen LogP contribution in [-0.2, 0) is 16.1 Å². The van der Waals surface area contributed by atoms with Gasteiger partial charge in [-0.15, -0.1) is 0 Å². The molecule has 1 atom stereocenters. The third-order valence-electron chi connectivity index (χ3n) is 4.36. The van der Waals surface area contributed by atoms with Gasteiger partial charge in [0, 0.05) is 19.6 Å². The number of hydrogen-bond acceptors (Lipinski definition) is 5. The molecule has 0 spiro atoms. The van der Waals surface area contributed by atoms with Crippen molar-refractivity contribution in [1.29, 1.82) is 0 Å². The summed E-state index contributed by atoms with van der Waals surface area (Å²) in [6.07, 6.45) is 4.15. The maximum Gasteiger partial charge on any atom is 0.237 e. The van der Waals surface area contributed by atoms with Gasteiger partial charge in [0.05, 0.1) is 19.0 Å². The molecule has 0 radical (unpaired) electrons. The molecule has 1 aliphatic rings. The van der Waals surface area contributed by atoms with Gasteiger partial charge >= 0.3 is 0 Å². The molecule has 27 heavy (non-hydrogen) atoms. The van der Waals surface area contributed by atoms with Gasteiger partial charge in [-0.05, 0) is 12.5 Å². The Morgan fingerprint density at radius 2 is 2.19 bits per heavy atom. The fourth-order valence-corrected chi connectivity index (χ4v) is 2.98. The molecule has 1 aliphatic heterocycles. The van der Waals surface area contributed by atoms with Crippen molar-refractivity contribution in [3.8, 4) is 0 Å². The number of piperazine rings is 1. The van der Waals surface area contributed by atoms with E-state index in [9.17, 15) is 9.59 Å². The van der Waals surface area contributed by atoms with Crippen LogP contribution in [0, 0.1) is 6.92 Å². The molecule has 1 fully saturated rings. The highest BCUT2D eigenvalue weighted by molar-refractivity contribution is 5.88. The molecule has 0 aliphatic carbocycles.